The third-order valence-corrected chi connectivity index (χ3v) is 6.13. The van der Waals surface area contributed by atoms with Crippen molar-refractivity contribution in [2.45, 2.75) is 59.0 Å². The van der Waals surface area contributed by atoms with Crippen LogP contribution in [-0.4, -0.2) is 12.9 Å². The van der Waals surface area contributed by atoms with Crippen molar-refractivity contribution in [1.29, 1.82) is 0 Å². The van der Waals surface area contributed by atoms with Crippen LogP contribution in [0.3, 0.4) is 0 Å². The molecule has 0 radical (unpaired) electrons. The highest BCUT2D eigenvalue weighted by molar-refractivity contribution is 5.77. The lowest BCUT2D eigenvalue weighted by Crippen LogP contribution is -2.13. The third kappa shape index (κ3) is 6.60. The Balaban J connectivity index is 1.86. The van der Waals surface area contributed by atoms with Crippen molar-refractivity contribution in [1.82, 2.24) is 0 Å². The number of Topliss-reactive ketones (excluding diaryl/α,β-unsaturated/α-hetero) is 1. The number of methoxy groups -OCH3 is 1. The van der Waals surface area contributed by atoms with Crippen LogP contribution in [0.4, 0.5) is 4.39 Å². The first kappa shape index (κ1) is 26.2. The first-order valence-corrected chi connectivity index (χ1v) is 11.8. The molecule has 0 saturated carbocycles. The summed E-state index contributed by atoms with van der Waals surface area (Å²) in [4.78, 5) is 11.6. The number of ketones is 1. The van der Waals surface area contributed by atoms with E-state index in [4.69, 9.17) is 9.47 Å². The molecule has 3 rings (SSSR count). The van der Waals surface area contributed by atoms with Crippen LogP contribution < -0.4 is 9.47 Å². The molecule has 0 amide bonds. The van der Waals surface area contributed by atoms with Crippen molar-refractivity contribution >= 4 is 5.78 Å². The Morgan fingerprint density at radius 2 is 1.60 bits per heavy atom. The summed E-state index contributed by atoms with van der Waals surface area (Å²) in [5.41, 5.74) is 5.18. The Bertz CT molecular complexity index is 1200. The van der Waals surface area contributed by atoms with E-state index in [1.54, 1.807) is 26.2 Å². The largest absolute Gasteiger partial charge is 0.497 e. The first-order chi connectivity index (χ1) is 16.5. The molecule has 0 aliphatic carbocycles. The van der Waals surface area contributed by atoms with Crippen LogP contribution in [0.15, 0.2) is 72.8 Å². The Morgan fingerprint density at radius 1 is 0.943 bits per heavy atom. The fraction of sp³-hybridized carbons (Fsp3) is 0.323. The number of carbonyl (C=O) groups excluding carboxylic acids is 1. The lowest BCUT2D eigenvalue weighted by molar-refractivity contribution is -0.117. The van der Waals surface area contributed by atoms with Gasteiger partial charge in [0, 0.05) is 17.9 Å². The zero-order valence-electron chi connectivity index (χ0n) is 21.6. The molecule has 0 aromatic heterocycles. The Morgan fingerprint density at radius 3 is 2.17 bits per heavy atom. The van der Waals surface area contributed by atoms with Crippen molar-refractivity contribution < 1.29 is 18.7 Å². The smallest absolute Gasteiger partial charge is 0.131 e. The number of carbonyl (C=O) groups is 1. The summed E-state index contributed by atoms with van der Waals surface area (Å²) < 4.78 is 26.3. The molecule has 1 atom stereocenters. The van der Waals surface area contributed by atoms with Crippen LogP contribution >= 0.6 is 0 Å². The third-order valence-electron chi connectivity index (χ3n) is 6.13. The number of allylic oxidation sites excluding steroid dienone is 1. The Hall–Kier alpha value is -3.40. The molecular formula is C31H35FO3. The lowest BCUT2D eigenvalue weighted by atomic mass is 9.81. The van der Waals surface area contributed by atoms with Gasteiger partial charge in [-0.3, -0.25) is 4.79 Å². The van der Waals surface area contributed by atoms with Gasteiger partial charge in [-0.15, -0.1) is 0 Å². The van der Waals surface area contributed by atoms with Crippen molar-refractivity contribution in [2.24, 2.45) is 0 Å². The molecule has 184 valence electrons. The van der Waals surface area contributed by atoms with Crippen LogP contribution in [0.2, 0.25) is 0 Å². The van der Waals surface area contributed by atoms with Crippen LogP contribution in [0.25, 0.3) is 11.1 Å². The van der Waals surface area contributed by atoms with Gasteiger partial charge in [0.2, 0.25) is 0 Å². The van der Waals surface area contributed by atoms with Gasteiger partial charge in [0.15, 0.2) is 0 Å². The van der Waals surface area contributed by atoms with Gasteiger partial charge in [-0.2, -0.15) is 0 Å². The molecule has 0 aliphatic rings. The highest BCUT2D eigenvalue weighted by atomic mass is 19.1. The van der Waals surface area contributed by atoms with Crippen LogP contribution in [0.5, 0.6) is 11.5 Å². The summed E-state index contributed by atoms with van der Waals surface area (Å²) in [6.07, 6.45) is 0.444. The predicted octanol–water partition coefficient (Wildman–Crippen LogP) is 8.02. The van der Waals surface area contributed by atoms with Gasteiger partial charge in [0.1, 0.15) is 29.7 Å². The second kappa shape index (κ2) is 10.9. The van der Waals surface area contributed by atoms with Crippen LogP contribution in [-0.2, 0) is 16.8 Å². The topological polar surface area (TPSA) is 35.5 Å². The van der Waals surface area contributed by atoms with E-state index in [9.17, 15) is 9.18 Å². The zero-order chi connectivity index (χ0) is 25.8. The normalized spacial score (nSPS) is 12.2. The number of halogens is 1. The minimum Gasteiger partial charge on any atom is -0.497 e. The van der Waals surface area contributed by atoms with Crippen LogP contribution in [0.1, 0.15) is 63.6 Å². The number of benzene rings is 3. The van der Waals surface area contributed by atoms with E-state index in [-0.39, 0.29) is 22.9 Å². The standard InChI is InChI=1S/C31H35FO3/c1-20(2)26(16-21(3)33)23-9-11-24(12-10-23)35-19-22-8-14-29(31(4,5)6)27(17-22)28-18-25(34-7)13-15-30(28)32/h8-15,17-18,26H,1,16,19H2,2-7H3/t26-/m1/s1. The second-order valence-corrected chi connectivity index (χ2v) is 10.1. The molecule has 0 aliphatic heterocycles. The summed E-state index contributed by atoms with van der Waals surface area (Å²) in [5.74, 6) is 1.20. The van der Waals surface area contributed by atoms with Gasteiger partial charge in [-0.25, -0.2) is 4.39 Å². The van der Waals surface area contributed by atoms with Crippen molar-refractivity contribution in [3.05, 3.63) is 95.3 Å². The maximum atomic E-state index is 14.9. The summed E-state index contributed by atoms with van der Waals surface area (Å²) in [7, 11) is 1.58. The predicted molar refractivity (Wildman–Crippen MR) is 141 cm³/mol. The molecule has 0 saturated heterocycles. The zero-order valence-corrected chi connectivity index (χ0v) is 21.6. The molecule has 35 heavy (non-hydrogen) atoms. The Labute approximate surface area is 208 Å². The van der Waals surface area contributed by atoms with E-state index in [1.165, 1.54) is 6.07 Å². The molecule has 3 aromatic carbocycles. The summed E-state index contributed by atoms with van der Waals surface area (Å²) in [6, 6.07) is 18.7. The molecule has 0 fully saturated rings. The van der Waals surface area contributed by atoms with Crippen molar-refractivity contribution in [2.75, 3.05) is 7.11 Å². The molecule has 4 heteroatoms. The average Bonchev–Trinajstić information content (AvgIpc) is 2.81. The quantitative estimate of drug-likeness (QED) is 0.295. The molecule has 0 bridgehead atoms. The van der Waals surface area contributed by atoms with Gasteiger partial charge in [-0.1, -0.05) is 57.2 Å². The number of hydrogen-bond acceptors (Lipinski definition) is 3. The minimum atomic E-state index is -0.289. The van der Waals surface area contributed by atoms with Gasteiger partial charge < -0.3 is 9.47 Å². The maximum Gasteiger partial charge on any atom is 0.131 e. The van der Waals surface area contributed by atoms with Crippen LogP contribution in [0, 0.1) is 5.82 Å². The second-order valence-electron chi connectivity index (χ2n) is 10.1. The highest BCUT2D eigenvalue weighted by Crippen LogP contribution is 2.37. The molecule has 0 unspecified atom stereocenters. The van der Waals surface area contributed by atoms with E-state index in [2.05, 4.69) is 33.4 Å². The SMILES string of the molecule is C=C(C)[C@@H](CC(C)=O)c1ccc(OCc2ccc(C(C)(C)C)c(-c3cc(OC)ccc3F)c2)cc1. The van der Waals surface area contributed by atoms with Gasteiger partial charge >= 0.3 is 0 Å². The molecule has 0 N–H and O–H groups in total. The van der Waals surface area contributed by atoms with E-state index >= 15 is 0 Å². The first-order valence-electron chi connectivity index (χ1n) is 11.8. The van der Waals surface area contributed by atoms with Gasteiger partial charge in [0.05, 0.1) is 7.11 Å². The molecule has 0 spiro atoms. The fourth-order valence-electron chi connectivity index (χ4n) is 4.22. The van der Waals surface area contributed by atoms with Crippen molar-refractivity contribution in [3.63, 3.8) is 0 Å². The number of ether oxygens (including phenoxy) is 2. The lowest BCUT2D eigenvalue weighted by Gasteiger charge is -2.24. The maximum absolute atomic E-state index is 14.9. The monoisotopic (exact) mass is 474 g/mol. The van der Waals surface area contributed by atoms with E-state index in [0.29, 0.717) is 24.3 Å². The van der Waals surface area contributed by atoms with Gasteiger partial charge in [0.25, 0.3) is 0 Å². The Kier molecular flexibility index (Phi) is 8.16. The molecule has 3 aromatic rings. The van der Waals surface area contributed by atoms with E-state index < -0.39 is 0 Å². The summed E-state index contributed by atoms with van der Waals surface area (Å²) >= 11 is 0. The highest BCUT2D eigenvalue weighted by Gasteiger charge is 2.21. The minimum absolute atomic E-state index is 0.00631. The van der Waals surface area contributed by atoms with E-state index in [0.717, 1.165) is 33.6 Å². The van der Waals surface area contributed by atoms with E-state index in [1.807, 2.05) is 43.3 Å². The molecule has 0 heterocycles. The fourth-order valence-corrected chi connectivity index (χ4v) is 4.22. The number of rotatable bonds is 9. The molecule has 3 nitrogen and oxygen atoms in total. The summed E-state index contributed by atoms with van der Waals surface area (Å²) in [6.45, 7) is 14.3. The van der Waals surface area contributed by atoms with Crippen molar-refractivity contribution in [3.8, 4) is 22.6 Å². The molecular weight excluding hydrogens is 439 g/mol. The number of hydrogen-bond donors (Lipinski definition) is 0. The summed E-state index contributed by atoms with van der Waals surface area (Å²) in [5, 5.41) is 0. The van der Waals surface area contributed by atoms with Gasteiger partial charge in [-0.05, 0) is 77.9 Å². The average molecular weight is 475 g/mol.